The highest BCUT2D eigenvalue weighted by atomic mass is 32.2. The molecule has 0 amide bonds. The molecule has 19 heavy (non-hydrogen) atoms. The summed E-state index contributed by atoms with van der Waals surface area (Å²) in [5, 5.41) is 8.67. The maximum absolute atomic E-state index is 11.5. The number of piperidine rings is 1. The van der Waals surface area contributed by atoms with Crippen molar-refractivity contribution in [3.05, 3.63) is 24.3 Å². The fourth-order valence-corrected chi connectivity index (χ4v) is 3.08. The number of anilines is 2. The summed E-state index contributed by atoms with van der Waals surface area (Å²) in [4.78, 5) is 2.31. The van der Waals surface area contributed by atoms with Crippen molar-refractivity contribution in [3.63, 3.8) is 0 Å². The monoisotopic (exact) mass is 284 g/mol. The summed E-state index contributed by atoms with van der Waals surface area (Å²) in [6.07, 6.45) is 3.71. The minimum absolute atomic E-state index is 0.277. The van der Waals surface area contributed by atoms with E-state index in [4.69, 9.17) is 5.11 Å². The van der Waals surface area contributed by atoms with Gasteiger partial charge in [0.15, 0.2) is 0 Å². The first-order chi connectivity index (χ1) is 9.11. The van der Waals surface area contributed by atoms with Crippen LogP contribution < -0.4 is 9.62 Å². The van der Waals surface area contributed by atoms with E-state index in [1.54, 1.807) is 12.1 Å². The molecule has 6 heteroatoms. The third-order valence-corrected chi connectivity index (χ3v) is 4.49. The molecule has 0 spiro atoms. The number of rotatable bonds is 5. The van der Waals surface area contributed by atoms with Crippen molar-refractivity contribution in [3.8, 4) is 0 Å². The first kappa shape index (κ1) is 14.1. The van der Waals surface area contributed by atoms with E-state index in [9.17, 15) is 8.42 Å². The van der Waals surface area contributed by atoms with Crippen molar-refractivity contribution in [1.82, 2.24) is 0 Å². The zero-order valence-corrected chi connectivity index (χ0v) is 11.7. The van der Waals surface area contributed by atoms with E-state index in [-0.39, 0.29) is 12.4 Å². The SMILES string of the molecule is O=S(=O)(CCO)Nc1ccc(N2CCCCC2)cc1. The van der Waals surface area contributed by atoms with E-state index in [0.29, 0.717) is 5.69 Å². The fraction of sp³-hybridized carbons (Fsp3) is 0.538. The van der Waals surface area contributed by atoms with E-state index in [0.717, 1.165) is 18.8 Å². The molecule has 1 fully saturated rings. The standard InChI is InChI=1S/C13H20N2O3S/c16-10-11-19(17,18)14-12-4-6-13(7-5-12)15-8-2-1-3-9-15/h4-7,14,16H,1-3,8-11H2. The van der Waals surface area contributed by atoms with Crippen molar-refractivity contribution in [1.29, 1.82) is 0 Å². The van der Waals surface area contributed by atoms with E-state index < -0.39 is 10.0 Å². The number of sulfonamides is 1. The third kappa shape index (κ3) is 4.11. The lowest BCUT2D eigenvalue weighted by Crippen LogP contribution is -2.29. The van der Waals surface area contributed by atoms with Crippen molar-refractivity contribution in [2.24, 2.45) is 0 Å². The molecule has 0 radical (unpaired) electrons. The Bertz CT molecular complexity index is 493. The van der Waals surface area contributed by atoms with Crippen LogP contribution in [0.5, 0.6) is 0 Å². The summed E-state index contributed by atoms with van der Waals surface area (Å²) in [6.45, 7) is 1.76. The van der Waals surface area contributed by atoms with E-state index in [1.807, 2.05) is 12.1 Å². The Kier molecular flexibility index (Phi) is 4.66. The van der Waals surface area contributed by atoms with Gasteiger partial charge >= 0.3 is 0 Å². The molecule has 106 valence electrons. The van der Waals surface area contributed by atoms with Gasteiger partial charge in [0, 0.05) is 24.5 Å². The van der Waals surface area contributed by atoms with Gasteiger partial charge < -0.3 is 10.0 Å². The number of nitrogens with zero attached hydrogens (tertiary/aromatic N) is 1. The summed E-state index contributed by atoms with van der Waals surface area (Å²) in [5.41, 5.74) is 1.67. The Balaban J connectivity index is 2.02. The van der Waals surface area contributed by atoms with Gasteiger partial charge in [-0.2, -0.15) is 0 Å². The minimum Gasteiger partial charge on any atom is -0.395 e. The number of aliphatic hydroxyl groups is 1. The number of hydrogen-bond acceptors (Lipinski definition) is 4. The zero-order valence-electron chi connectivity index (χ0n) is 10.9. The molecule has 1 aliphatic heterocycles. The molecule has 2 N–H and O–H groups in total. The van der Waals surface area contributed by atoms with Gasteiger partial charge in [-0.05, 0) is 43.5 Å². The Morgan fingerprint density at radius 2 is 1.74 bits per heavy atom. The molecule has 1 heterocycles. The van der Waals surface area contributed by atoms with E-state index >= 15 is 0 Å². The van der Waals surface area contributed by atoms with Gasteiger partial charge in [-0.3, -0.25) is 4.72 Å². The van der Waals surface area contributed by atoms with Crippen LogP contribution in [-0.2, 0) is 10.0 Å². The maximum atomic E-state index is 11.5. The van der Waals surface area contributed by atoms with Crippen LogP contribution in [-0.4, -0.2) is 39.0 Å². The molecular weight excluding hydrogens is 264 g/mol. The van der Waals surface area contributed by atoms with Gasteiger partial charge in [0.25, 0.3) is 0 Å². The highest BCUT2D eigenvalue weighted by Gasteiger charge is 2.12. The fourth-order valence-electron chi connectivity index (χ4n) is 2.24. The van der Waals surface area contributed by atoms with Gasteiger partial charge in [0.1, 0.15) is 0 Å². The molecule has 0 bridgehead atoms. The number of hydrogen-bond donors (Lipinski definition) is 2. The normalized spacial score (nSPS) is 16.4. The van der Waals surface area contributed by atoms with Crippen molar-refractivity contribution < 1.29 is 13.5 Å². The van der Waals surface area contributed by atoms with Crippen LogP contribution in [0.1, 0.15) is 19.3 Å². The van der Waals surface area contributed by atoms with Crippen LogP contribution in [0.15, 0.2) is 24.3 Å². The van der Waals surface area contributed by atoms with Gasteiger partial charge in [-0.1, -0.05) is 0 Å². The predicted molar refractivity (Wildman–Crippen MR) is 77.0 cm³/mol. The molecular formula is C13H20N2O3S. The lowest BCUT2D eigenvalue weighted by atomic mass is 10.1. The van der Waals surface area contributed by atoms with Crippen molar-refractivity contribution >= 4 is 21.4 Å². The summed E-state index contributed by atoms with van der Waals surface area (Å²) in [7, 11) is -3.44. The summed E-state index contributed by atoms with van der Waals surface area (Å²) in [5.74, 6) is -0.277. The molecule has 0 atom stereocenters. The second-order valence-electron chi connectivity index (χ2n) is 4.74. The zero-order chi connectivity index (χ0) is 13.7. The Labute approximate surface area is 114 Å². The predicted octanol–water partition coefficient (Wildman–Crippen LogP) is 1.41. The molecule has 1 aromatic carbocycles. The molecule has 2 rings (SSSR count). The van der Waals surface area contributed by atoms with Gasteiger partial charge in [0.2, 0.25) is 10.0 Å². The van der Waals surface area contributed by atoms with Crippen molar-refractivity contribution in [2.45, 2.75) is 19.3 Å². The van der Waals surface area contributed by atoms with E-state index in [2.05, 4.69) is 9.62 Å². The highest BCUT2D eigenvalue weighted by Crippen LogP contribution is 2.22. The molecule has 0 aromatic heterocycles. The first-order valence-electron chi connectivity index (χ1n) is 6.57. The summed E-state index contributed by atoms with van der Waals surface area (Å²) >= 11 is 0. The lowest BCUT2D eigenvalue weighted by molar-refractivity contribution is 0.320. The quantitative estimate of drug-likeness (QED) is 0.858. The molecule has 0 unspecified atom stereocenters. The van der Waals surface area contributed by atoms with Crippen molar-refractivity contribution in [2.75, 3.05) is 35.1 Å². The second kappa shape index (κ2) is 6.25. The van der Waals surface area contributed by atoms with Crippen LogP contribution in [0.4, 0.5) is 11.4 Å². The number of nitrogens with one attached hydrogen (secondary N) is 1. The molecule has 1 aliphatic rings. The average molecular weight is 284 g/mol. The maximum Gasteiger partial charge on any atom is 0.234 e. The Hall–Kier alpha value is -1.27. The summed E-state index contributed by atoms with van der Waals surface area (Å²) in [6, 6.07) is 7.39. The number of aliphatic hydroxyl groups excluding tert-OH is 1. The topological polar surface area (TPSA) is 69.6 Å². The second-order valence-corrected chi connectivity index (χ2v) is 6.58. The third-order valence-electron chi connectivity index (χ3n) is 3.22. The van der Waals surface area contributed by atoms with Gasteiger partial charge in [-0.25, -0.2) is 8.42 Å². The van der Waals surface area contributed by atoms with Crippen LogP contribution >= 0.6 is 0 Å². The van der Waals surface area contributed by atoms with Crippen LogP contribution in [0, 0.1) is 0 Å². The molecule has 0 saturated carbocycles. The first-order valence-corrected chi connectivity index (χ1v) is 8.22. The average Bonchev–Trinajstić information content (AvgIpc) is 2.40. The highest BCUT2D eigenvalue weighted by molar-refractivity contribution is 7.92. The van der Waals surface area contributed by atoms with E-state index in [1.165, 1.54) is 19.3 Å². The van der Waals surface area contributed by atoms with Gasteiger partial charge in [0.05, 0.1) is 12.4 Å². The lowest BCUT2D eigenvalue weighted by Gasteiger charge is -2.28. The Morgan fingerprint density at radius 1 is 1.11 bits per heavy atom. The summed E-state index contributed by atoms with van der Waals surface area (Å²) < 4.78 is 25.5. The molecule has 0 aliphatic carbocycles. The molecule has 1 aromatic rings. The smallest absolute Gasteiger partial charge is 0.234 e. The minimum atomic E-state index is -3.44. The largest absolute Gasteiger partial charge is 0.395 e. The molecule has 1 saturated heterocycles. The van der Waals surface area contributed by atoms with Crippen LogP contribution in [0.3, 0.4) is 0 Å². The van der Waals surface area contributed by atoms with Gasteiger partial charge in [-0.15, -0.1) is 0 Å². The Morgan fingerprint density at radius 3 is 2.32 bits per heavy atom. The van der Waals surface area contributed by atoms with Crippen LogP contribution in [0.2, 0.25) is 0 Å². The number of benzene rings is 1. The van der Waals surface area contributed by atoms with Crippen LogP contribution in [0.25, 0.3) is 0 Å². The molecule has 5 nitrogen and oxygen atoms in total.